The zero-order valence-electron chi connectivity index (χ0n) is 13.7. The van der Waals surface area contributed by atoms with E-state index in [0.717, 1.165) is 34.3 Å². The molecule has 3 aromatic rings. The van der Waals surface area contributed by atoms with E-state index in [0.29, 0.717) is 23.2 Å². The smallest absolute Gasteiger partial charge is 0.232 e. The Morgan fingerprint density at radius 2 is 2.12 bits per heavy atom. The first-order valence-corrected chi connectivity index (χ1v) is 9.32. The molecule has 0 unspecified atom stereocenters. The molecular weight excluding hydrogens is 358 g/mol. The summed E-state index contributed by atoms with van der Waals surface area (Å²) in [6.45, 7) is 0. The molecular formula is C18H16ClN3O2S. The van der Waals surface area contributed by atoms with Crippen molar-refractivity contribution in [3.63, 3.8) is 0 Å². The monoisotopic (exact) mass is 373 g/mol. The molecule has 0 bridgehead atoms. The van der Waals surface area contributed by atoms with Crippen molar-refractivity contribution in [3.8, 4) is 5.88 Å². The van der Waals surface area contributed by atoms with Gasteiger partial charge in [-0.15, -0.1) is 11.3 Å². The normalized spacial score (nSPS) is 14.0. The van der Waals surface area contributed by atoms with Gasteiger partial charge in [0.15, 0.2) is 0 Å². The maximum atomic E-state index is 12.6. The summed E-state index contributed by atoms with van der Waals surface area (Å²) in [6, 6.07) is 1.73. The fourth-order valence-electron chi connectivity index (χ4n) is 3.06. The minimum Gasteiger partial charge on any atom is -0.480 e. The minimum atomic E-state index is 0.112. The third-order valence-electron chi connectivity index (χ3n) is 4.32. The molecule has 1 aliphatic rings. The zero-order valence-corrected chi connectivity index (χ0v) is 15.2. The molecule has 25 heavy (non-hydrogen) atoms. The summed E-state index contributed by atoms with van der Waals surface area (Å²) in [6.07, 6.45) is 6.44. The van der Waals surface area contributed by atoms with Gasteiger partial charge in [-0.3, -0.25) is 4.79 Å². The van der Waals surface area contributed by atoms with E-state index in [-0.39, 0.29) is 12.2 Å². The molecule has 5 nitrogen and oxygen atoms in total. The van der Waals surface area contributed by atoms with Crippen molar-refractivity contribution in [2.45, 2.75) is 31.6 Å². The molecule has 1 aliphatic carbocycles. The van der Waals surface area contributed by atoms with E-state index in [1.54, 1.807) is 23.6 Å². The summed E-state index contributed by atoms with van der Waals surface area (Å²) < 4.78 is 5.04. The first kappa shape index (κ1) is 16.4. The van der Waals surface area contributed by atoms with E-state index in [1.165, 1.54) is 12.7 Å². The van der Waals surface area contributed by atoms with Crippen LogP contribution < -0.4 is 4.74 Å². The van der Waals surface area contributed by atoms with Crippen LogP contribution in [-0.4, -0.2) is 27.8 Å². The minimum absolute atomic E-state index is 0.112. The highest BCUT2D eigenvalue weighted by Gasteiger charge is 2.30. The zero-order chi connectivity index (χ0) is 17.4. The number of Topliss-reactive ketones (excluding diaryl/α,β-unsaturated/α-hetero) is 1. The maximum absolute atomic E-state index is 12.6. The predicted octanol–water partition coefficient (Wildman–Crippen LogP) is 3.98. The van der Waals surface area contributed by atoms with E-state index in [1.807, 2.05) is 11.7 Å². The summed E-state index contributed by atoms with van der Waals surface area (Å²) >= 11 is 7.63. The van der Waals surface area contributed by atoms with Gasteiger partial charge in [0.2, 0.25) is 5.88 Å². The lowest BCUT2D eigenvalue weighted by Crippen LogP contribution is -2.09. The Balaban J connectivity index is 1.56. The van der Waals surface area contributed by atoms with Crippen LogP contribution in [0.15, 0.2) is 24.0 Å². The van der Waals surface area contributed by atoms with Gasteiger partial charge in [-0.1, -0.05) is 11.6 Å². The number of fused-ring (bicyclic) bond motifs is 1. The molecule has 3 heterocycles. The molecule has 1 saturated carbocycles. The fourth-order valence-corrected chi connectivity index (χ4v) is 3.97. The molecule has 0 aromatic carbocycles. The van der Waals surface area contributed by atoms with Gasteiger partial charge >= 0.3 is 0 Å². The number of rotatable bonds is 6. The number of hydrogen-bond acceptors (Lipinski definition) is 6. The Labute approximate surface area is 154 Å². The Morgan fingerprint density at radius 1 is 1.28 bits per heavy atom. The lowest BCUT2D eigenvalue weighted by atomic mass is 9.98. The second-order valence-corrected chi connectivity index (χ2v) is 7.44. The lowest BCUT2D eigenvalue weighted by molar-refractivity contribution is -0.117. The molecule has 3 aromatic heterocycles. The van der Waals surface area contributed by atoms with Crippen molar-refractivity contribution in [1.29, 1.82) is 0 Å². The highest BCUT2D eigenvalue weighted by Crippen LogP contribution is 2.44. The van der Waals surface area contributed by atoms with E-state index in [2.05, 4.69) is 15.0 Å². The number of carbonyl (C=O) groups excluding carboxylic acids is 1. The molecule has 1 fully saturated rings. The van der Waals surface area contributed by atoms with E-state index < -0.39 is 0 Å². The molecule has 0 radical (unpaired) electrons. The molecule has 0 N–H and O–H groups in total. The van der Waals surface area contributed by atoms with Gasteiger partial charge in [-0.25, -0.2) is 15.0 Å². The van der Waals surface area contributed by atoms with E-state index >= 15 is 0 Å². The Morgan fingerprint density at radius 3 is 2.84 bits per heavy atom. The predicted molar refractivity (Wildman–Crippen MR) is 97.6 cm³/mol. The Kier molecular flexibility index (Phi) is 4.39. The van der Waals surface area contributed by atoms with Gasteiger partial charge in [0, 0.05) is 25.2 Å². The fraction of sp³-hybridized carbons (Fsp3) is 0.333. The SMILES string of the molecule is COc1ncc(CC(=O)Cc2cnc3scnc3c2C2CC2)cc1Cl. The van der Waals surface area contributed by atoms with Gasteiger partial charge in [-0.2, -0.15) is 0 Å². The molecule has 0 spiro atoms. The number of carbonyl (C=O) groups is 1. The van der Waals surface area contributed by atoms with E-state index in [4.69, 9.17) is 16.3 Å². The van der Waals surface area contributed by atoms with Gasteiger partial charge < -0.3 is 4.74 Å². The number of pyridine rings is 2. The summed E-state index contributed by atoms with van der Waals surface area (Å²) in [5.41, 5.74) is 5.78. The van der Waals surface area contributed by atoms with Gasteiger partial charge in [0.1, 0.15) is 21.2 Å². The van der Waals surface area contributed by atoms with Crippen molar-refractivity contribution in [2.24, 2.45) is 0 Å². The maximum Gasteiger partial charge on any atom is 0.232 e. The average molecular weight is 374 g/mol. The van der Waals surface area contributed by atoms with Crippen molar-refractivity contribution in [1.82, 2.24) is 15.0 Å². The molecule has 0 amide bonds. The van der Waals surface area contributed by atoms with Gasteiger partial charge in [0.05, 0.1) is 12.6 Å². The van der Waals surface area contributed by atoms with Crippen LogP contribution in [0.25, 0.3) is 10.3 Å². The van der Waals surface area contributed by atoms with Crippen molar-refractivity contribution in [3.05, 3.63) is 45.7 Å². The summed E-state index contributed by atoms with van der Waals surface area (Å²) in [4.78, 5) is 26.6. The van der Waals surface area contributed by atoms with Crippen molar-refractivity contribution < 1.29 is 9.53 Å². The molecule has 0 saturated heterocycles. The molecule has 4 rings (SSSR count). The summed E-state index contributed by atoms with van der Waals surface area (Å²) in [5.74, 6) is 1.00. The largest absolute Gasteiger partial charge is 0.480 e. The summed E-state index contributed by atoms with van der Waals surface area (Å²) in [5, 5.41) is 0.414. The summed E-state index contributed by atoms with van der Waals surface area (Å²) in [7, 11) is 1.51. The highest BCUT2D eigenvalue weighted by molar-refractivity contribution is 7.16. The molecule has 0 aliphatic heterocycles. The Bertz CT molecular complexity index is 953. The third-order valence-corrected chi connectivity index (χ3v) is 5.32. The number of ketones is 1. The van der Waals surface area contributed by atoms with Crippen molar-refractivity contribution in [2.75, 3.05) is 7.11 Å². The number of ether oxygens (including phenoxy) is 1. The standard InChI is InChI=1S/C18H16ClN3O2S/c1-24-17-14(19)5-10(7-20-17)4-13(23)6-12-8-21-18-16(22-9-25-18)15(12)11-2-3-11/h5,7-9,11H,2-4,6H2,1H3. The molecule has 0 atom stereocenters. The van der Waals surface area contributed by atoms with E-state index in [9.17, 15) is 4.79 Å². The first-order chi connectivity index (χ1) is 12.2. The molecule has 7 heteroatoms. The van der Waals surface area contributed by atoms with Crippen LogP contribution in [0.5, 0.6) is 5.88 Å². The first-order valence-electron chi connectivity index (χ1n) is 8.06. The van der Waals surface area contributed by atoms with Crippen LogP contribution in [-0.2, 0) is 17.6 Å². The van der Waals surface area contributed by atoms with Crippen LogP contribution in [0.4, 0.5) is 0 Å². The number of aromatic nitrogens is 3. The van der Waals surface area contributed by atoms with Crippen LogP contribution in [0, 0.1) is 0 Å². The van der Waals surface area contributed by atoms with Crippen molar-refractivity contribution >= 4 is 39.1 Å². The topological polar surface area (TPSA) is 65.0 Å². The number of halogens is 1. The van der Waals surface area contributed by atoms with Crippen LogP contribution in [0.3, 0.4) is 0 Å². The second kappa shape index (κ2) is 6.69. The second-order valence-electron chi connectivity index (χ2n) is 6.20. The third kappa shape index (κ3) is 3.37. The lowest BCUT2D eigenvalue weighted by Gasteiger charge is -2.09. The quantitative estimate of drug-likeness (QED) is 0.653. The highest BCUT2D eigenvalue weighted by atomic mass is 35.5. The van der Waals surface area contributed by atoms with Crippen LogP contribution >= 0.6 is 22.9 Å². The molecule has 128 valence electrons. The number of methoxy groups -OCH3 is 1. The van der Waals surface area contributed by atoms with Gasteiger partial charge in [-0.05, 0) is 41.5 Å². The number of hydrogen-bond donors (Lipinski definition) is 0. The average Bonchev–Trinajstić information content (AvgIpc) is 3.31. The van der Waals surface area contributed by atoms with Gasteiger partial charge in [0.25, 0.3) is 0 Å². The number of nitrogens with zero attached hydrogens (tertiary/aromatic N) is 3. The van der Waals surface area contributed by atoms with Crippen LogP contribution in [0.2, 0.25) is 5.02 Å². The van der Waals surface area contributed by atoms with Crippen LogP contribution in [0.1, 0.15) is 35.4 Å². The Hall–Kier alpha value is -2.05. The number of thiazole rings is 1.